The molecule has 0 amide bonds. The molecule has 0 aromatic rings. The van der Waals surface area contributed by atoms with Crippen molar-refractivity contribution in [3.8, 4) is 0 Å². The molecule has 0 aromatic carbocycles. The van der Waals surface area contributed by atoms with Crippen LogP contribution in [0.4, 0.5) is 0 Å². The first-order valence-electron chi connectivity index (χ1n) is 6.78. The molecule has 0 radical (unpaired) electrons. The van der Waals surface area contributed by atoms with Crippen molar-refractivity contribution in [2.24, 2.45) is 17.8 Å². The predicted molar refractivity (Wildman–Crippen MR) is 68.1 cm³/mol. The Balaban J connectivity index is 2.32. The van der Waals surface area contributed by atoms with Gasteiger partial charge in [-0.05, 0) is 30.6 Å². The molecule has 18 heavy (non-hydrogen) atoms. The molecular formula is C14H24O4. The van der Waals surface area contributed by atoms with Crippen LogP contribution in [0.3, 0.4) is 0 Å². The Hall–Kier alpha value is -0.900. The molecule has 4 heteroatoms. The second kappa shape index (κ2) is 7.52. The molecule has 1 aliphatic rings. The summed E-state index contributed by atoms with van der Waals surface area (Å²) >= 11 is 0. The Morgan fingerprint density at radius 3 is 2.67 bits per heavy atom. The number of rotatable bonds is 6. The Kier molecular flexibility index (Phi) is 6.33. The molecule has 3 atom stereocenters. The van der Waals surface area contributed by atoms with Gasteiger partial charge in [0.15, 0.2) is 0 Å². The molecule has 1 rings (SSSR count). The molecule has 0 N–H and O–H groups in total. The minimum Gasteiger partial charge on any atom is -0.458 e. The van der Waals surface area contributed by atoms with E-state index in [9.17, 15) is 9.59 Å². The maximum atomic E-state index is 10.6. The van der Waals surface area contributed by atoms with Crippen LogP contribution in [0.5, 0.6) is 0 Å². The normalized spacial score (nSPS) is 28.1. The summed E-state index contributed by atoms with van der Waals surface area (Å²) in [4.78, 5) is 20.7. The van der Waals surface area contributed by atoms with E-state index in [1.165, 1.54) is 12.8 Å². The molecule has 0 aromatic heterocycles. The molecule has 1 fully saturated rings. The summed E-state index contributed by atoms with van der Waals surface area (Å²) in [5.74, 6) is 1.07. The highest BCUT2D eigenvalue weighted by atomic mass is 16.6. The molecule has 3 unspecified atom stereocenters. The van der Waals surface area contributed by atoms with Gasteiger partial charge in [-0.15, -0.1) is 0 Å². The third-order valence-corrected chi connectivity index (χ3v) is 3.72. The summed E-state index contributed by atoms with van der Waals surface area (Å²) in [5.41, 5.74) is 0. The SMILES string of the molecule is CC1CCC(C(C)C)C(OCCOC(=O)C=O)C1. The number of hydrogen-bond donors (Lipinski definition) is 0. The first-order chi connectivity index (χ1) is 8.54. The third-order valence-electron chi connectivity index (χ3n) is 3.72. The number of esters is 1. The van der Waals surface area contributed by atoms with E-state index in [0.717, 1.165) is 6.42 Å². The molecule has 0 saturated heterocycles. The van der Waals surface area contributed by atoms with E-state index in [1.807, 2.05) is 0 Å². The van der Waals surface area contributed by atoms with Crippen molar-refractivity contribution in [1.29, 1.82) is 0 Å². The Labute approximate surface area is 109 Å². The van der Waals surface area contributed by atoms with Crippen LogP contribution in [0.2, 0.25) is 0 Å². The second-order valence-corrected chi connectivity index (χ2v) is 5.52. The Morgan fingerprint density at radius 2 is 2.06 bits per heavy atom. The smallest absolute Gasteiger partial charge is 0.371 e. The third kappa shape index (κ3) is 4.77. The topological polar surface area (TPSA) is 52.6 Å². The van der Waals surface area contributed by atoms with Crippen LogP contribution in [0, 0.1) is 17.8 Å². The minimum absolute atomic E-state index is 0.160. The fraction of sp³-hybridized carbons (Fsp3) is 0.857. The Morgan fingerprint density at radius 1 is 1.33 bits per heavy atom. The predicted octanol–water partition coefficient (Wildman–Crippen LogP) is 2.21. The van der Waals surface area contributed by atoms with Crippen LogP contribution in [0.15, 0.2) is 0 Å². The lowest BCUT2D eigenvalue weighted by molar-refractivity contribution is -0.151. The number of carbonyl (C=O) groups is 2. The van der Waals surface area contributed by atoms with Gasteiger partial charge in [0.05, 0.1) is 12.7 Å². The summed E-state index contributed by atoms with van der Waals surface area (Å²) in [5, 5.41) is 0. The van der Waals surface area contributed by atoms with Gasteiger partial charge in [0.1, 0.15) is 6.61 Å². The highest BCUT2D eigenvalue weighted by Gasteiger charge is 2.31. The molecule has 4 nitrogen and oxygen atoms in total. The van der Waals surface area contributed by atoms with Gasteiger partial charge < -0.3 is 9.47 Å². The van der Waals surface area contributed by atoms with Crippen molar-refractivity contribution in [3.05, 3.63) is 0 Å². The van der Waals surface area contributed by atoms with Gasteiger partial charge in [0.2, 0.25) is 6.29 Å². The van der Waals surface area contributed by atoms with Crippen molar-refractivity contribution in [2.75, 3.05) is 13.2 Å². The van der Waals surface area contributed by atoms with Gasteiger partial charge in [-0.3, -0.25) is 4.79 Å². The van der Waals surface area contributed by atoms with E-state index in [4.69, 9.17) is 4.74 Å². The van der Waals surface area contributed by atoms with E-state index in [0.29, 0.717) is 24.4 Å². The highest BCUT2D eigenvalue weighted by Crippen LogP contribution is 2.35. The van der Waals surface area contributed by atoms with Crippen molar-refractivity contribution in [2.45, 2.75) is 46.1 Å². The quantitative estimate of drug-likeness (QED) is 0.316. The molecule has 0 spiro atoms. The standard InChI is InChI=1S/C14H24O4/c1-10(2)12-5-4-11(3)8-13(12)17-6-7-18-14(16)9-15/h9-13H,4-8H2,1-3H3. The maximum absolute atomic E-state index is 10.6. The van der Waals surface area contributed by atoms with E-state index >= 15 is 0 Å². The average molecular weight is 256 g/mol. The van der Waals surface area contributed by atoms with Crippen molar-refractivity contribution < 1.29 is 19.1 Å². The summed E-state index contributed by atoms with van der Waals surface area (Å²) in [6.07, 6.45) is 3.98. The maximum Gasteiger partial charge on any atom is 0.371 e. The molecule has 0 aliphatic heterocycles. The zero-order valence-electron chi connectivity index (χ0n) is 11.6. The average Bonchev–Trinajstić information content (AvgIpc) is 2.34. The van der Waals surface area contributed by atoms with Crippen LogP contribution >= 0.6 is 0 Å². The summed E-state index contributed by atoms with van der Waals surface area (Å²) in [7, 11) is 0. The second-order valence-electron chi connectivity index (χ2n) is 5.52. The molecule has 0 bridgehead atoms. The molecule has 0 heterocycles. The van der Waals surface area contributed by atoms with Gasteiger partial charge in [-0.25, -0.2) is 4.79 Å². The van der Waals surface area contributed by atoms with Gasteiger partial charge >= 0.3 is 5.97 Å². The zero-order chi connectivity index (χ0) is 13.5. The fourth-order valence-corrected chi connectivity index (χ4v) is 2.68. The lowest BCUT2D eigenvalue weighted by Crippen LogP contribution is -2.35. The van der Waals surface area contributed by atoms with E-state index in [2.05, 4.69) is 25.5 Å². The number of hydrogen-bond acceptors (Lipinski definition) is 4. The number of ether oxygens (including phenoxy) is 2. The molecular weight excluding hydrogens is 232 g/mol. The van der Waals surface area contributed by atoms with Crippen molar-refractivity contribution in [3.63, 3.8) is 0 Å². The first kappa shape index (κ1) is 15.2. The van der Waals surface area contributed by atoms with Crippen LogP contribution < -0.4 is 0 Å². The van der Waals surface area contributed by atoms with Crippen LogP contribution in [0.1, 0.15) is 40.0 Å². The van der Waals surface area contributed by atoms with E-state index < -0.39 is 5.97 Å². The van der Waals surface area contributed by atoms with Crippen LogP contribution in [-0.2, 0) is 19.1 Å². The van der Waals surface area contributed by atoms with Gasteiger partial charge in [-0.1, -0.05) is 27.2 Å². The number of carbonyl (C=O) groups excluding carboxylic acids is 2. The minimum atomic E-state index is -0.823. The van der Waals surface area contributed by atoms with Crippen LogP contribution in [0.25, 0.3) is 0 Å². The van der Waals surface area contributed by atoms with Gasteiger partial charge in [-0.2, -0.15) is 0 Å². The molecule has 1 aliphatic carbocycles. The monoisotopic (exact) mass is 256 g/mol. The number of aldehydes is 1. The summed E-state index contributed by atoms with van der Waals surface area (Å²) in [6, 6.07) is 0. The lowest BCUT2D eigenvalue weighted by Gasteiger charge is -2.37. The summed E-state index contributed by atoms with van der Waals surface area (Å²) in [6.45, 7) is 7.24. The van der Waals surface area contributed by atoms with Gasteiger partial charge in [0.25, 0.3) is 0 Å². The van der Waals surface area contributed by atoms with Crippen molar-refractivity contribution >= 4 is 12.3 Å². The summed E-state index contributed by atoms with van der Waals surface area (Å²) < 4.78 is 10.5. The van der Waals surface area contributed by atoms with Crippen molar-refractivity contribution in [1.82, 2.24) is 0 Å². The molecule has 104 valence electrons. The Bertz CT molecular complexity index is 275. The highest BCUT2D eigenvalue weighted by molar-refractivity contribution is 6.20. The van der Waals surface area contributed by atoms with E-state index in [1.54, 1.807) is 0 Å². The van der Waals surface area contributed by atoms with E-state index in [-0.39, 0.29) is 19.0 Å². The molecule has 1 saturated carbocycles. The van der Waals surface area contributed by atoms with Gasteiger partial charge in [0, 0.05) is 0 Å². The van der Waals surface area contributed by atoms with Crippen LogP contribution in [-0.4, -0.2) is 31.6 Å². The first-order valence-corrected chi connectivity index (χ1v) is 6.78. The zero-order valence-corrected chi connectivity index (χ0v) is 11.6. The largest absolute Gasteiger partial charge is 0.458 e. The lowest BCUT2D eigenvalue weighted by atomic mass is 9.75. The fourth-order valence-electron chi connectivity index (χ4n) is 2.68.